The zero-order valence-electron chi connectivity index (χ0n) is 12.0. The van der Waals surface area contributed by atoms with Gasteiger partial charge in [0.2, 0.25) is 0 Å². The van der Waals surface area contributed by atoms with Crippen molar-refractivity contribution in [2.75, 3.05) is 5.32 Å². The molecule has 5 nitrogen and oxygen atoms in total. The van der Waals surface area contributed by atoms with Crippen LogP contribution in [-0.4, -0.2) is 15.7 Å². The number of guanidine groups is 1. The monoisotopic (exact) mass is 397 g/mol. The van der Waals surface area contributed by atoms with E-state index in [1.165, 1.54) is 24.0 Å². The molecule has 0 radical (unpaired) electrons. The highest BCUT2D eigenvalue weighted by Gasteiger charge is 2.10. The van der Waals surface area contributed by atoms with Gasteiger partial charge in [0.05, 0.1) is 12.2 Å². The number of nitrogens with one attached hydrogen (secondary N) is 1. The number of nitrogens with zero attached hydrogens (tertiary/aromatic N) is 3. The highest BCUT2D eigenvalue weighted by Crippen LogP contribution is 2.24. The van der Waals surface area contributed by atoms with E-state index in [4.69, 9.17) is 5.73 Å². The van der Waals surface area contributed by atoms with Gasteiger partial charge in [0.25, 0.3) is 0 Å². The fourth-order valence-corrected chi connectivity index (χ4v) is 2.55. The molecule has 0 amide bonds. The number of benzene rings is 1. The topological polar surface area (TPSA) is 68.2 Å². The second-order valence-electron chi connectivity index (χ2n) is 5.14. The molecule has 0 fully saturated rings. The molecule has 0 bridgehead atoms. The minimum atomic E-state index is 0. The Kier molecular flexibility index (Phi) is 5.22. The largest absolute Gasteiger partial charge is 0.370 e. The van der Waals surface area contributed by atoms with Gasteiger partial charge < -0.3 is 11.1 Å². The third-order valence-corrected chi connectivity index (χ3v) is 3.55. The first-order valence-electron chi connectivity index (χ1n) is 6.88. The summed E-state index contributed by atoms with van der Waals surface area (Å²) in [6.07, 6.45) is 5.51. The fourth-order valence-electron chi connectivity index (χ4n) is 2.55. The Morgan fingerprint density at radius 2 is 2.14 bits per heavy atom. The molecule has 1 aromatic carbocycles. The Hall–Kier alpha value is -1.57. The van der Waals surface area contributed by atoms with Crippen molar-refractivity contribution in [1.82, 2.24) is 9.78 Å². The molecule has 6 heteroatoms. The third kappa shape index (κ3) is 3.96. The average Bonchev–Trinajstić information content (AvgIpc) is 3.04. The molecule has 0 unspecified atom stereocenters. The lowest BCUT2D eigenvalue weighted by molar-refractivity contribution is 0.743. The van der Waals surface area contributed by atoms with Crippen molar-refractivity contribution in [3.63, 3.8) is 0 Å². The maximum Gasteiger partial charge on any atom is 0.193 e. The van der Waals surface area contributed by atoms with Crippen LogP contribution in [0.4, 0.5) is 5.69 Å². The summed E-state index contributed by atoms with van der Waals surface area (Å²) in [5.41, 5.74) is 10.7. The molecule has 0 saturated heterocycles. The van der Waals surface area contributed by atoms with Gasteiger partial charge in [-0.25, -0.2) is 4.99 Å². The third-order valence-electron chi connectivity index (χ3n) is 3.55. The van der Waals surface area contributed by atoms with Gasteiger partial charge >= 0.3 is 0 Å². The number of anilines is 1. The zero-order chi connectivity index (χ0) is 13.9. The number of hydrogen-bond donors (Lipinski definition) is 2. The number of rotatable bonds is 3. The predicted octanol–water partition coefficient (Wildman–Crippen LogP) is 2.45. The van der Waals surface area contributed by atoms with Crippen LogP contribution in [0.3, 0.4) is 0 Å². The van der Waals surface area contributed by atoms with Gasteiger partial charge in [-0.15, -0.1) is 24.0 Å². The molecule has 1 aliphatic rings. The number of nitrogens with two attached hydrogens (primary N) is 1. The van der Waals surface area contributed by atoms with Gasteiger partial charge in [0.15, 0.2) is 5.96 Å². The Labute approximate surface area is 141 Å². The van der Waals surface area contributed by atoms with Gasteiger partial charge in [0, 0.05) is 18.9 Å². The summed E-state index contributed by atoms with van der Waals surface area (Å²) >= 11 is 0. The average molecular weight is 397 g/mol. The molecular formula is C15H20IN5. The van der Waals surface area contributed by atoms with Crippen molar-refractivity contribution in [2.45, 2.75) is 25.8 Å². The summed E-state index contributed by atoms with van der Waals surface area (Å²) in [5, 5.41) is 7.41. The SMILES string of the molecule is Cn1ccc(CN=C(N)Nc2ccc3c(c2)CCC3)n1.I. The lowest BCUT2D eigenvalue weighted by Crippen LogP contribution is -2.22. The summed E-state index contributed by atoms with van der Waals surface area (Å²) in [7, 11) is 1.89. The van der Waals surface area contributed by atoms with E-state index >= 15 is 0 Å². The molecular weight excluding hydrogens is 377 g/mol. The molecule has 3 N–H and O–H groups in total. The van der Waals surface area contributed by atoms with E-state index in [1.807, 2.05) is 19.3 Å². The maximum atomic E-state index is 5.91. The van der Waals surface area contributed by atoms with Crippen LogP contribution in [0.15, 0.2) is 35.5 Å². The second kappa shape index (κ2) is 6.93. The van der Waals surface area contributed by atoms with Crippen molar-refractivity contribution >= 4 is 35.6 Å². The molecule has 1 heterocycles. The molecule has 0 aliphatic heterocycles. The first kappa shape index (κ1) is 15.8. The number of halogens is 1. The Balaban J connectivity index is 0.00000161. The van der Waals surface area contributed by atoms with Crippen LogP contribution < -0.4 is 11.1 Å². The number of aliphatic imine (C=N–C) groups is 1. The predicted molar refractivity (Wildman–Crippen MR) is 96.0 cm³/mol. The van der Waals surface area contributed by atoms with Crippen LogP contribution in [0.1, 0.15) is 23.2 Å². The van der Waals surface area contributed by atoms with Crippen molar-refractivity contribution in [1.29, 1.82) is 0 Å². The second-order valence-corrected chi connectivity index (χ2v) is 5.14. The van der Waals surface area contributed by atoms with Crippen LogP contribution in [-0.2, 0) is 26.4 Å². The van der Waals surface area contributed by atoms with Crippen LogP contribution in [0, 0.1) is 0 Å². The van der Waals surface area contributed by atoms with E-state index < -0.39 is 0 Å². The lowest BCUT2D eigenvalue weighted by atomic mass is 10.1. The Morgan fingerprint density at radius 1 is 1.33 bits per heavy atom. The van der Waals surface area contributed by atoms with E-state index in [1.54, 1.807) is 4.68 Å². The van der Waals surface area contributed by atoms with Gasteiger partial charge in [-0.05, 0) is 48.6 Å². The Bertz CT molecular complexity index is 647. The fraction of sp³-hybridized carbons (Fsp3) is 0.333. The van der Waals surface area contributed by atoms with Gasteiger partial charge in [0.1, 0.15) is 0 Å². The summed E-state index contributed by atoms with van der Waals surface area (Å²) < 4.78 is 1.76. The van der Waals surface area contributed by atoms with Crippen LogP contribution in [0.5, 0.6) is 0 Å². The summed E-state index contributed by atoms with van der Waals surface area (Å²) in [4.78, 5) is 4.30. The van der Waals surface area contributed by atoms with E-state index in [2.05, 4.69) is 33.6 Å². The van der Waals surface area contributed by atoms with E-state index in [-0.39, 0.29) is 24.0 Å². The minimum Gasteiger partial charge on any atom is -0.370 e. The molecule has 0 atom stereocenters. The molecule has 3 rings (SSSR count). The molecule has 0 spiro atoms. The lowest BCUT2D eigenvalue weighted by Gasteiger charge is -2.07. The van der Waals surface area contributed by atoms with Crippen molar-refractivity contribution < 1.29 is 0 Å². The Morgan fingerprint density at radius 3 is 2.90 bits per heavy atom. The summed E-state index contributed by atoms with van der Waals surface area (Å²) in [6, 6.07) is 8.35. The molecule has 112 valence electrons. The summed E-state index contributed by atoms with van der Waals surface area (Å²) in [6.45, 7) is 0.491. The van der Waals surface area contributed by atoms with Crippen molar-refractivity contribution in [3.8, 4) is 0 Å². The number of fused-ring (bicyclic) bond motifs is 1. The first-order valence-corrected chi connectivity index (χ1v) is 6.88. The standard InChI is InChI=1S/C15H19N5.HI/c1-20-8-7-14(19-20)10-17-15(16)18-13-6-5-11-3-2-4-12(11)9-13;/h5-9H,2-4,10H2,1H3,(H3,16,17,18);1H. The highest BCUT2D eigenvalue weighted by atomic mass is 127. The normalized spacial score (nSPS) is 13.7. The van der Waals surface area contributed by atoms with Crippen LogP contribution in [0.25, 0.3) is 0 Å². The number of hydrogen-bond acceptors (Lipinski definition) is 2. The van der Waals surface area contributed by atoms with E-state index in [9.17, 15) is 0 Å². The molecule has 1 aromatic heterocycles. The molecule has 1 aliphatic carbocycles. The van der Waals surface area contributed by atoms with Gasteiger partial charge in [-0.1, -0.05) is 6.07 Å². The van der Waals surface area contributed by atoms with E-state index in [0.717, 1.165) is 17.8 Å². The van der Waals surface area contributed by atoms with Gasteiger partial charge in [-0.3, -0.25) is 4.68 Å². The van der Waals surface area contributed by atoms with Crippen LogP contribution >= 0.6 is 24.0 Å². The number of aromatic nitrogens is 2. The minimum absolute atomic E-state index is 0. The molecule has 21 heavy (non-hydrogen) atoms. The number of aryl methyl sites for hydroxylation is 3. The summed E-state index contributed by atoms with van der Waals surface area (Å²) in [5.74, 6) is 0.425. The van der Waals surface area contributed by atoms with Crippen molar-refractivity contribution in [2.24, 2.45) is 17.8 Å². The van der Waals surface area contributed by atoms with Crippen molar-refractivity contribution in [3.05, 3.63) is 47.3 Å². The van der Waals surface area contributed by atoms with Crippen LogP contribution in [0.2, 0.25) is 0 Å². The molecule has 0 saturated carbocycles. The quantitative estimate of drug-likeness (QED) is 0.475. The zero-order valence-corrected chi connectivity index (χ0v) is 14.4. The molecule has 2 aromatic rings. The van der Waals surface area contributed by atoms with Gasteiger partial charge in [-0.2, -0.15) is 5.10 Å². The maximum absolute atomic E-state index is 5.91. The van der Waals surface area contributed by atoms with E-state index in [0.29, 0.717) is 12.5 Å². The smallest absolute Gasteiger partial charge is 0.193 e. The highest BCUT2D eigenvalue weighted by molar-refractivity contribution is 14.0. The first-order chi connectivity index (χ1) is 9.70.